The number of ether oxygens (including phenoxy) is 1. The van der Waals surface area contributed by atoms with Crippen molar-refractivity contribution < 1.29 is 24.2 Å². The van der Waals surface area contributed by atoms with Crippen molar-refractivity contribution in [3.63, 3.8) is 0 Å². The summed E-state index contributed by atoms with van der Waals surface area (Å²) in [5, 5.41) is 14.4. The molecule has 9 nitrogen and oxygen atoms in total. The van der Waals surface area contributed by atoms with Gasteiger partial charge in [-0.25, -0.2) is 4.79 Å². The van der Waals surface area contributed by atoms with E-state index in [1.54, 1.807) is 24.3 Å². The second kappa shape index (κ2) is 7.86. The second-order valence-electron chi connectivity index (χ2n) is 7.47. The molecule has 3 N–H and O–H groups in total. The van der Waals surface area contributed by atoms with Gasteiger partial charge >= 0.3 is 6.03 Å². The van der Waals surface area contributed by atoms with Crippen LogP contribution in [-0.2, 0) is 9.53 Å². The number of morpholine rings is 1. The van der Waals surface area contributed by atoms with Crippen LogP contribution in [0, 0.1) is 0 Å². The molecule has 3 fully saturated rings. The van der Waals surface area contributed by atoms with Crippen LogP contribution in [0.4, 0.5) is 10.5 Å². The van der Waals surface area contributed by atoms with Crippen molar-refractivity contribution in [3.8, 4) is 0 Å². The predicted molar refractivity (Wildman–Crippen MR) is 100 cm³/mol. The number of fused-ring (bicyclic) bond motifs is 1. The van der Waals surface area contributed by atoms with E-state index in [4.69, 9.17) is 9.84 Å². The summed E-state index contributed by atoms with van der Waals surface area (Å²) in [5.41, 5.74) is 1.08. The van der Waals surface area contributed by atoms with Gasteiger partial charge in [-0.1, -0.05) is 0 Å². The Morgan fingerprint density at radius 3 is 2.71 bits per heavy atom. The number of carbonyl (C=O) groups excluding carboxylic acids is 3. The van der Waals surface area contributed by atoms with E-state index in [9.17, 15) is 14.4 Å². The van der Waals surface area contributed by atoms with Crippen LogP contribution >= 0.6 is 0 Å². The first-order valence-electron chi connectivity index (χ1n) is 9.52. The molecule has 0 saturated carbocycles. The number of carbonyl (C=O) groups is 3. The van der Waals surface area contributed by atoms with E-state index >= 15 is 0 Å². The number of aliphatic hydroxyl groups excluding tert-OH is 1. The van der Waals surface area contributed by atoms with Gasteiger partial charge < -0.3 is 15.2 Å². The zero-order chi connectivity index (χ0) is 19.7. The van der Waals surface area contributed by atoms with Crippen molar-refractivity contribution >= 4 is 23.5 Å². The molecule has 0 radical (unpaired) electrons. The van der Waals surface area contributed by atoms with Gasteiger partial charge in [-0.3, -0.25) is 24.7 Å². The third-order valence-corrected chi connectivity index (χ3v) is 5.51. The Morgan fingerprint density at radius 2 is 2.04 bits per heavy atom. The molecule has 150 valence electrons. The van der Waals surface area contributed by atoms with Crippen LogP contribution in [0.2, 0.25) is 0 Å². The highest BCUT2D eigenvalue weighted by atomic mass is 16.5. The molecule has 4 rings (SSSR count). The Labute approximate surface area is 162 Å². The predicted octanol–water partition coefficient (Wildman–Crippen LogP) is -0.303. The SMILES string of the molecule is O=C1CN(c2ccc(C(=O)N[C@@H]3C[C@H]4CO[C@@H](CCO)CN4C3)cc2)C(=O)N1. The zero-order valence-corrected chi connectivity index (χ0v) is 15.5. The van der Waals surface area contributed by atoms with E-state index in [0.717, 1.165) is 19.5 Å². The number of amides is 4. The lowest BCUT2D eigenvalue weighted by Crippen LogP contribution is -2.46. The molecule has 3 aliphatic rings. The maximum Gasteiger partial charge on any atom is 0.329 e. The number of urea groups is 1. The minimum absolute atomic E-state index is 0.0109. The lowest BCUT2D eigenvalue weighted by atomic mass is 10.1. The zero-order valence-electron chi connectivity index (χ0n) is 15.5. The number of hydrogen-bond donors (Lipinski definition) is 3. The lowest BCUT2D eigenvalue weighted by molar-refractivity contribution is -0.117. The molecule has 0 unspecified atom stereocenters. The smallest absolute Gasteiger partial charge is 0.329 e. The summed E-state index contributed by atoms with van der Waals surface area (Å²) in [7, 11) is 0. The quantitative estimate of drug-likeness (QED) is 0.597. The highest BCUT2D eigenvalue weighted by molar-refractivity contribution is 6.12. The molecule has 1 aromatic rings. The van der Waals surface area contributed by atoms with Gasteiger partial charge in [0.05, 0.1) is 12.7 Å². The first kappa shape index (κ1) is 18.9. The molecular weight excluding hydrogens is 364 g/mol. The van der Waals surface area contributed by atoms with Crippen LogP contribution in [0.3, 0.4) is 0 Å². The van der Waals surface area contributed by atoms with E-state index in [-0.39, 0.29) is 37.1 Å². The summed E-state index contributed by atoms with van der Waals surface area (Å²) < 4.78 is 5.77. The third-order valence-electron chi connectivity index (χ3n) is 5.51. The number of benzene rings is 1. The van der Waals surface area contributed by atoms with Gasteiger partial charge in [0.1, 0.15) is 6.54 Å². The van der Waals surface area contributed by atoms with Crippen LogP contribution in [0.5, 0.6) is 0 Å². The Bertz CT molecular complexity index is 768. The average Bonchev–Trinajstić information content (AvgIpc) is 3.23. The normalized spacial score (nSPS) is 27.6. The van der Waals surface area contributed by atoms with Crippen LogP contribution in [0.15, 0.2) is 24.3 Å². The maximum atomic E-state index is 12.6. The van der Waals surface area contributed by atoms with Crippen LogP contribution < -0.4 is 15.5 Å². The van der Waals surface area contributed by atoms with Crippen molar-refractivity contribution in [2.45, 2.75) is 31.0 Å². The Kier molecular flexibility index (Phi) is 5.29. The molecular formula is C19H24N4O5. The molecule has 3 atom stereocenters. The highest BCUT2D eigenvalue weighted by Gasteiger charge is 2.37. The Morgan fingerprint density at radius 1 is 1.25 bits per heavy atom. The monoisotopic (exact) mass is 388 g/mol. The van der Waals surface area contributed by atoms with E-state index < -0.39 is 6.03 Å². The fourth-order valence-electron chi connectivity index (χ4n) is 4.08. The summed E-state index contributed by atoms with van der Waals surface area (Å²) in [4.78, 5) is 39.3. The van der Waals surface area contributed by atoms with Gasteiger partial charge in [0, 0.05) is 43.0 Å². The second-order valence-corrected chi connectivity index (χ2v) is 7.47. The van der Waals surface area contributed by atoms with Gasteiger partial charge in [-0.05, 0) is 37.1 Å². The molecule has 28 heavy (non-hydrogen) atoms. The van der Waals surface area contributed by atoms with Crippen molar-refractivity contribution in [3.05, 3.63) is 29.8 Å². The molecule has 0 bridgehead atoms. The van der Waals surface area contributed by atoms with Crippen LogP contribution in [0.25, 0.3) is 0 Å². The number of aliphatic hydroxyl groups is 1. The topological polar surface area (TPSA) is 111 Å². The van der Waals surface area contributed by atoms with Gasteiger partial charge in [0.2, 0.25) is 5.91 Å². The number of hydrogen-bond acceptors (Lipinski definition) is 6. The summed E-state index contributed by atoms with van der Waals surface area (Å²) >= 11 is 0. The van der Waals surface area contributed by atoms with Crippen molar-refractivity contribution in [1.82, 2.24) is 15.5 Å². The average molecular weight is 388 g/mol. The molecule has 0 spiro atoms. The number of nitrogens with one attached hydrogen (secondary N) is 2. The van der Waals surface area contributed by atoms with E-state index in [0.29, 0.717) is 30.3 Å². The number of rotatable bonds is 5. The fraction of sp³-hybridized carbons (Fsp3) is 0.526. The minimum atomic E-state index is -0.452. The fourth-order valence-corrected chi connectivity index (χ4v) is 4.08. The Hall–Kier alpha value is -2.49. The van der Waals surface area contributed by atoms with Gasteiger partial charge in [0.25, 0.3) is 5.91 Å². The molecule has 1 aromatic carbocycles. The van der Waals surface area contributed by atoms with Crippen LogP contribution in [0.1, 0.15) is 23.2 Å². The van der Waals surface area contributed by atoms with Crippen LogP contribution in [-0.4, -0.2) is 78.9 Å². The maximum absolute atomic E-state index is 12.6. The van der Waals surface area contributed by atoms with Gasteiger partial charge in [-0.15, -0.1) is 0 Å². The number of imide groups is 1. The highest BCUT2D eigenvalue weighted by Crippen LogP contribution is 2.25. The number of nitrogens with zero attached hydrogens (tertiary/aromatic N) is 2. The first-order chi connectivity index (χ1) is 13.5. The molecule has 3 aliphatic heterocycles. The minimum Gasteiger partial charge on any atom is -0.396 e. The summed E-state index contributed by atoms with van der Waals surface area (Å²) in [5.74, 6) is -0.499. The largest absolute Gasteiger partial charge is 0.396 e. The number of anilines is 1. The molecule has 3 heterocycles. The van der Waals surface area contributed by atoms with Crippen molar-refractivity contribution in [2.75, 3.05) is 37.7 Å². The van der Waals surface area contributed by atoms with Gasteiger partial charge in [-0.2, -0.15) is 0 Å². The molecule has 0 aliphatic carbocycles. The lowest BCUT2D eigenvalue weighted by Gasteiger charge is -2.34. The summed E-state index contributed by atoms with van der Waals surface area (Å²) in [6, 6.07) is 6.54. The standard InChI is InChI=1S/C19H24N4O5/c24-6-5-16-9-22-8-13(7-15(22)11-28-16)20-18(26)12-1-3-14(4-2-12)23-10-17(25)21-19(23)27/h1-4,13,15-16,24H,5-11H2,(H,20,26)(H,21,25,27)/t13-,15+,16+/m1/s1. The summed E-state index contributed by atoms with van der Waals surface area (Å²) in [6.07, 6.45) is 1.52. The molecule has 0 aromatic heterocycles. The van der Waals surface area contributed by atoms with E-state index in [1.807, 2.05) is 0 Å². The Balaban J connectivity index is 1.33. The first-order valence-corrected chi connectivity index (χ1v) is 9.52. The van der Waals surface area contributed by atoms with E-state index in [1.165, 1.54) is 4.90 Å². The van der Waals surface area contributed by atoms with Crippen molar-refractivity contribution in [2.24, 2.45) is 0 Å². The summed E-state index contributed by atoms with van der Waals surface area (Å²) in [6.45, 7) is 2.29. The molecule has 3 saturated heterocycles. The van der Waals surface area contributed by atoms with E-state index in [2.05, 4.69) is 15.5 Å². The van der Waals surface area contributed by atoms with Crippen molar-refractivity contribution in [1.29, 1.82) is 0 Å². The molecule has 9 heteroatoms. The van der Waals surface area contributed by atoms with Gasteiger partial charge in [0.15, 0.2) is 0 Å². The third kappa shape index (κ3) is 3.87. The molecule has 4 amide bonds.